The van der Waals surface area contributed by atoms with Crippen LogP contribution < -0.4 is 9.46 Å². The molecule has 2 aromatic heterocycles. The number of amides is 1. The van der Waals surface area contributed by atoms with Crippen LogP contribution >= 0.6 is 0 Å². The third kappa shape index (κ3) is 6.66. The molecule has 9 nitrogen and oxygen atoms in total. The van der Waals surface area contributed by atoms with Gasteiger partial charge in [0.25, 0.3) is 15.9 Å². The molecule has 4 bridgehead atoms. The molecule has 0 unspecified atom stereocenters. The molecule has 0 spiro atoms. The van der Waals surface area contributed by atoms with Crippen molar-refractivity contribution >= 4 is 32.7 Å². The Labute approximate surface area is 263 Å². The molecule has 0 saturated heterocycles. The fourth-order valence-electron chi connectivity index (χ4n) is 5.71. The minimum atomic E-state index is -4.17. The van der Waals surface area contributed by atoms with Crippen molar-refractivity contribution in [3.63, 3.8) is 0 Å². The number of nitrogens with one attached hydrogen (secondary N) is 1. The molecular weight excluding hydrogens is 586 g/mol. The van der Waals surface area contributed by atoms with Crippen molar-refractivity contribution in [2.45, 2.75) is 51.6 Å². The van der Waals surface area contributed by atoms with Gasteiger partial charge in [-0.1, -0.05) is 69.3 Å². The van der Waals surface area contributed by atoms with Gasteiger partial charge in [0.2, 0.25) is 11.8 Å². The normalized spacial score (nSPS) is 16.6. The maximum Gasteiger partial charge on any atom is 0.264 e. The number of fused-ring (bicyclic) bond motifs is 5. The number of aryl methyl sites for hydroxylation is 1. The molecule has 0 fully saturated rings. The second-order valence-electron chi connectivity index (χ2n) is 12.5. The van der Waals surface area contributed by atoms with Crippen LogP contribution in [0.1, 0.15) is 48.8 Å². The quantitative estimate of drug-likeness (QED) is 0.239. The zero-order valence-corrected chi connectivity index (χ0v) is 26.5. The smallest absolute Gasteiger partial charge is 0.264 e. The minimum absolute atomic E-state index is 0.0735. The van der Waals surface area contributed by atoms with E-state index in [0.717, 1.165) is 21.9 Å². The van der Waals surface area contributed by atoms with Crippen molar-refractivity contribution in [1.82, 2.24) is 19.9 Å². The van der Waals surface area contributed by atoms with Gasteiger partial charge in [-0.05, 0) is 65.4 Å². The van der Waals surface area contributed by atoms with E-state index < -0.39 is 16.1 Å². The number of hydrogen-bond donors (Lipinski definition) is 1. The van der Waals surface area contributed by atoms with E-state index in [1.54, 1.807) is 29.3 Å². The summed E-state index contributed by atoms with van der Waals surface area (Å²) in [6, 6.07) is 25.0. The van der Waals surface area contributed by atoms with Crippen LogP contribution in [0.25, 0.3) is 22.0 Å². The number of sulfonamides is 1. The predicted octanol–water partition coefficient (Wildman–Crippen LogP) is 6.64. The lowest BCUT2D eigenvalue weighted by Crippen LogP contribution is -2.45. The van der Waals surface area contributed by atoms with E-state index in [1.165, 1.54) is 12.1 Å². The van der Waals surface area contributed by atoms with Gasteiger partial charge >= 0.3 is 0 Å². The zero-order valence-electron chi connectivity index (χ0n) is 25.7. The Bertz CT molecular complexity index is 1990. The first kappa shape index (κ1) is 30.2. The molecule has 6 rings (SSSR count). The molecule has 45 heavy (non-hydrogen) atoms. The summed E-state index contributed by atoms with van der Waals surface area (Å²) in [6.45, 7) is 8.65. The maximum atomic E-state index is 14.2. The van der Waals surface area contributed by atoms with Gasteiger partial charge in [0.1, 0.15) is 6.61 Å². The van der Waals surface area contributed by atoms with E-state index in [0.29, 0.717) is 17.8 Å². The number of ether oxygens (including phenoxy) is 1. The monoisotopic (exact) mass is 621 g/mol. The van der Waals surface area contributed by atoms with E-state index in [4.69, 9.17) is 4.74 Å². The van der Waals surface area contributed by atoms with Crippen molar-refractivity contribution in [3.8, 4) is 17.1 Å². The third-order valence-corrected chi connectivity index (χ3v) is 9.07. The Kier molecular flexibility index (Phi) is 8.01. The van der Waals surface area contributed by atoms with Crippen molar-refractivity contribution in [1.29, 1.82) is 0 Å². The average Bonchev–Trinajstić information content (AvgIpc) is 3.01. The first-order valence-electron chi connectivity index (χ1n) is 14.8. The Morgan fingerprint density at radius 2 is 1.76 bits per heavy atom. The van der Waals surface area contributed by atoms with E-state index in [9.17, 15) is 13.2 Å². The highest BCUT2D eigenvalue weighted by atomic mass is 32.2. The number of pyridine rings is 1. The lowest BCUT2D eigenvalue weighted by atomic mass is 9.87. The number of carbonyl (C=O) groups is 1. The Balaban J connectivity index is 1.53. The third-order valence-electron chi connectivity index (χ3n) is 7.74. The minimum Gasteiger partial charge on any atom is -0.475 e. The molecule has 1 amide bonds. The lowest BCUT2D eigenvalue weighted by Gasteiger charge is -2.35. The topological polar surface area (TPSA) is 114 Å². The molecule has 1 aliphatic rings. The van der Waals surface area contributed by atoms with Crippen LogP contribution in [0, 0.1) is 12.3 Å². The van der Waals surface area contributed by atoms with Crippen molar-refractivity contribution < 1.29 is 17.9 Å². The van der Waals surface area contributed by atoms with Gasteiger partial charge in [-0.15, -0.1) is 0 Å². The summed E-state index contributed by atoms with van der Waals surface area (Å²) >= 11 is 0. The summed E-state index contributed by atoms with van der Waals surface area (Å²) in [5.74, 6) is -0.247. The number of carbonyl (C=O) groups excluding carboxylic acids is 1. The number of benzene rings is 3. The Morgan fingerprint density at radius 1 is 0.956 bits per heavy atom. The molecular formula is C35H35N5O4S. The van der Waals surface area contributed by atoms with E-state index in [1.807, 2.05) is 61.5 Å². The second-order valence-corrected chi connectivity index (χ2v) is 14.2. The van der Waals surface area contributed by atoms with Gasteiger partial charge in [0.15, 0.2) is 0 Å². The molecule has 1 aliphatic heterocycles. The van der Waals surface area contributed by atoms with E-state index in [-0.39, 0.29) is 46.8 Å². The summed E-state index contributed by atoms with van der Waals surface area (Å²) in [5, 5.41) is 2.00. The van der Waals surface area contributed by atoms with Crippen molar-refractivity contribution in [2.75, 3.05) is 11.3 Å². The van der Waals surface area contributed by atoms with Gasteiger partial charge in [0.05, 0.1) is 28.9 Å². The molecule has 0 radical (unpaired) electrons. The molecule has 5 aromatic rings. The number of nitrogens with zero attached hydrogens (tertiary/aromatic N) is 4. The van der Waals surface area contributed by atoms with Gasteiger partial charge in [-0.3, -0.25) is 9.78 Å². The summed E-state index contributed by atoms with van der Waals surface area (Å²) < 4.78 is 36.2. The fraction of sp³-hybridized carbons (Fsp3) is 0.257. The Hall–Kier alpha value is -4.83. The van der Waals surface area contributed by atoms with Gasteiger partial charge < -0.3 is 9.64 Å². The average molecular weight is 622 g/mol. The molecule has 0 saturated carbocycles. The lowest BCUT2D eigenvalue weighted by molar-refractivity contribution is 0.0509. The SMILES string of the molecule is Cc1ccc2ccccc2c1-c1cc2nc(n1)NS(=O)(=O)c1cccc(c1)C(=O)N(Cc1ccccn1)[C@H](CC(C)(C)C)CO2. The summed E-state index contributed by atoms with van der Waals surface area (Å²) in [5.41, 5.74) is 3.12. The van der Waals surface area contributed by atoms with E-state index in [2.05, 4.69) is 40.4 Å². The van der Waals surface area contributed by atoms with Gasteiger partial charge in [-0.25, -0.2) is 18.1 Å². The van der Waals surface area contributed by atoms with Crippen molar-refractivity contribution in [2.24, 2.45) is 5.41 Å². The molecule has 3 heterocycles. The zero-order chi connectivity index (χ0) is 31.8. The van der Waals surface area contributed by atoms with Crippen LogP contribution in [-0.2, 0) is 16.6 Å². The van der Waals surface area contributed by atoms with Crippen LogP contribution in [0.4, 0.5) is 5.95 Å². The highest BCUT2D eigenvalue weighted by Crippen LogP contribution is 2.34. The number of aromatic nitrogens is 3. The van der Waals surface area contributed by atoms with Crippen molar-refractivity contribution in [3.05, 3.63) is 108 Å². The molecule has 10 heteroatoms. The fourth-order valence-corrected chi connectivity index (χ4v) is 6.70. The Morgan fingerprint density at radius 3 is 2.53 bits per heavy atom. The maximum absolute atomic E-state index is 14.2. The number of rotatable bonds is 4. The van der Waals surface area contributed by atoms with Crippen LogP contribution in [0.15, 0.2) is 96.0 Å². The molecule has 1 N–H and O–H groups in total. The van der Waals surface area contributed by atoms with Crippen LogP contribution in [0.3, 0.4) is 0 Å². The standard InChI is InChI=1S/C35H35N5O4S/c1-23-15-16-24-10-5-6-14-29(24)32(23)30-19-31-38-34(37-30)39-45(42,43)28-13-9-11-25(18-28)33(41)40(21-26-12-7-8-17-36-26)27(22-44-31)20-35(2,3)4/h5-19,27H,20-22H2,1-4H3,(H,37,38,39)/t27-/m1/s1. The second kappa shape index (κ2) is 11.9. The predicted molar refractivity (Wildman–Crippen MR) is 174 cm³/mol. The number of anilines is 1. The molecule has 0 aliphatic carbocycles. The van der Waals surface area contributed by atoms with E-state index >= 15 is 0 Å². The van der Waals surface area contributed by atoms with Crippen LogP contribution in [0.5, 0.6) is 5.88 Å². The molecule has 3 aromatic carbocycles. The first-order valence-corrected chi connectivity index (χ1v) is 16.3. The summed E-state index contributed by atoms with van der Waals surface area (Å²) in [6.07, 6.45) is 2.29. The first-order chi connectivity index (χ1) is 21.5. The summed E-state index contributed by atoms with van der Waals surface area (Å²) in [4.78, 5) is 29.5. The summed E-state index contributed by atoms with van der Waals surface area (Å²) in [7, 11) is -4.17. The molecule has 1 atom stereocenters. The number of hydrogen-bond acceptors (Lipinski definition) is 7. The van der Waals surface area contributed by atoms with Crippen LogP contribution in [-0.4, -0.2) is 46.8 Å². The highest BCUT2D eigenvalue weighted by molar-refractivity contribution is 7.92. The van der Waals surface area contributed by atoms with Gasteiger partial charge in [-0.2, -0.15) is 4.98 Å². The van der Waals surface area contributed by atoms with Gasteiger partial charge in [0, 0.05) is 23.4 Å². The molecule has 230 valence electrons. The largest absolute Gasteiger partial charge is 0.475 e. The van der Waals surface area contributed by atoms with Crippen LogP contribution in [0.2, 0.25) is 0 Å². The highest BCUT2D eigenvalue weighted by Gasteiger charge is 2.31.